The second-order valence-electron chi connectivity index (χ2n) is 3.57. The molecular weight excluding hydrogens is 265 g/mol. The molecule has 6 heteroatoms. The molecule has 2 rings (SSSR count). The third-order valence-corrected chi connectivity index (χ3v) is 3.25. The van der Waals surface area contributed by atoms with E-state index in [1.807, 2.05) is 19.2 Å². The van der Waals surface area contributed by atoms with Crippen molar-refractivity contribution in [2.75, 3.05) is 0 Å². The third-order valence-electron chi connectivity index (χ3n) is 2.09. The van der Waals surface area contributed by atoms with Crippen molar-refractivity contribution in [2.45, 2.75) is 19.8 Å². The Morgan fingerprint density at radius 3 is 2.25 bits per heavy atom. The average Bonchev–Trinajstić information content (AvgIpc) is 2.67. The predicted octanol–water partition coefficient (Wildman–Crippen LogP) is 4.03. The fraction of sp³-hybridized carbons (Fsp3) is 0.300. The average molecular weight is 274 g/mol. The van der Waals surface area contributed by atoms with E-state index in [0.29, 0.717) is 21.8 Å². The summed E-state index contributed by atoms with van der Waals surface area (Å²) in [5, 5.41) is 2.66. The SMILES string of the molecule is CC(C)c1c(Cl)nc(-c2cscn2)nc1Cl. The summed E-state index contributed by atoms with van der Waals surface area (Å²) in [4.78, 5) is 12.5. The second kappa shape index (κ2) is 4.65. The molecule has 0 atom stereocenters. The van der Waals surface area contributed by atoms with Crippen LogP contribution in [0, 0.1) is 0 Å². The van der Waals surface area contributed by atoms with Crippen LogP contribution < -0.4 is 0 Å². The monoisotopic (exact) mass is 273 g/mol. The summed E-state index contributed by atoms with van der Waals surface area (Å²) in [5.74, 6) is 0.671. The molecule has 0 N–H and O–H groups in total. The number of hydrogen-bond donors (Lipinski definition) is 0. The lowest BCUT2D eigenvalue weighted by atomic mass is 10.1. The van der Waals surface area contributed by atoms with Crippen LogP contribution in [-0.4, -0.2) is 15.0 Å². The van der Waals surface area contributed by atoms with E-state index in [-0.39, 0.29) is 5.92 Å². The summed E-state index contributed by atoms with van der Waals surface area (Å²) >= 11 is 13.7. The Morgan fingerprint density at radius 2 is 1.81 bits per heavy atom. The summed E-state index contributed by atoms with van der Waals surface area (Å²) in [6.45, 7) is 4.00. The minimum atomic E-state index is 0.199. The number of aromatic nitrogens is 3. The van der Waals surface area contributed by atoms with Gasteiger partial charge in [-0.15, -0.1) is 11.3 Å². The standard InChI is InChI=1S/C10H9Cl2N3S/c1-5(2)7-8(11)14-10(15-9(7)12)6-3-16-4-13-6/h3-5H,1-2H3. The molecule has 0 aliphatic carbocycles. The Balaban J connectivity index is 2.53. The smallest absolute Gasteiger partial charge is 0.181 e. The lowest BCUT2D eigenvalue weighted by Crippen LogP contribution is -1.99. The molecule has 0 aliphatic heterocycles. The highest BCUT2D eigenvalue weighted by atomic mass is 35.5. The molecule has 3 nitrogen and oxygen atoms in total. The molecule has 84 valence electrons. The Morgan fingerprint density at radius 1 is 1.19 bits per heavy atom. The van der Waals surface area contributed by atoms with E-state index in [4.69, 9.17) is 23.2 Å². The van der Waals surface area contributed by atoms with Crippen LogP contribution in [0.15, 0.2) is 10.9 Å². The molecule has 0 saturated heterocycles. The zero-order chi connectivity index (χ0) is 11.7. The van der Waals surface area contributed by atoms with Gasteiger partial charge in [0, 0.05) is 10.9 Å². The summed E-state index contributed by atoms with van der Waals surface area (Å²) < 4.78 is 0. The van der Waals surface area contributed by atoms with Crippen molar-refractivity contribution in [3.8, 4) is 11.5 Å². The van der Waals surface area contributed by atoms with E-state index in [0.717, 1.165) is 5.56 Å². The van der Waals surface area contributed by atoms with Gasteiger partial charge >= 0.3 is 0 Å². The first-order valence-corrected chi connectivity index (χ1v) is 6.41. The van der Waals surface area contributed by atoms with Gasteiger partial charge in [-0.25, -0.2) is 15.0 Å². The van der Waals surface area contributed by atoms with E-state index in [1.54, 1.807) is 5.51 Å². The number of nitrogens with zero attached hydrogens (tertiary/aromatic N) is 3. The number of thiazole rings is 1. The maximum Gasteiger partial charge on any atom is 0.181 e. The van der Waals surface area contributed by atoms with Crippen LogP contribution in [0.5, 0.6) is 0 Å². The summed E-state index contributed by atoms with van der Waals surface area (Å²) in [6.07, 6.45) is 0. The Kier molecular flexibility index (Phi) is 3.42. The van der Waals surface area contributed by atoms with Crippen molar-refractivity contribution in [2.24, 2.45) is 0 Å². The molecule has 0 unspecified atom stereocenters. The third kappa shape index (κ3) is 2.19. The topological polar surface area (TPSA) is 38.7 Å². The maximum absolute atomic E-state index is 6.09. The predicted molar refractivity (Wildman–Crippen MR) is 67.2 cm³/mol. The molecule has 0 fully saturated rings. The van der Waals surface area contributed by atoms with Crippen molar-refractivity contribution >= 4 is 34.5 Å². The van der Waals surface area contributed by atoms with Crippen LogP contribution in [0.25, 0.3) is 11.5 Å². The van der Waals surface area contributed by atoms with Crippen LogP contribution >= 0.6 is 34.5 Å². The van der Waals surface area contributed by atoms with Crippen molar-refractivity contribution in [1.82, 2.24) is 15.0 Å². The molecule has 0 bridgehead atoms. The molecule has 0 amide bonds. The van der Waals surface area contributed by atoms with Gasteiger partial charge in [-0.2, -0.15) is 0 Å². The molecule has 2 aromatic rings. The van der Waals surface area contributed by atoms with Crippen molar-refractivity contribution in [1.29, 1.82) is 0 Å². The first kappa shape index (κ1) is 11.8. The molecule has 16 heavy (non-hydrogen) atoms. The van der Waals surface area contributed by atoms with Crippen LogP contribution in [0.2, 0.25) is 10.3 Å². The number of halogens is 2. The summed E-state index contributed by atoms with van der Waals surface area (Å²) in [6, 6.07) is 0. The van der Waals surface area contributed by atoms with E-state index >= 15 is 0 Å². The minimum absolute atomic E-state index is 0.199. The Labute approximate surface area is 107 Å². The van der Waals surface area contributed by atoms with Crippen molar-refractivity contribution < 1.29 is 0 Å². The largest absolute Gasteiger partial charge is 0.241 e. The highest BCUT2D eigenvalue weighted by Crippen LogP contribution is 2.30. The molecule has 0 spiro atoms. The second-order valence-corrected chi connectivity index (χ2v) is 5.01. The lowest BCUT2D eigenvalue weighted by molar-refractivity contribution is 0.847. The van der Waals surface area contributed by atoms with Gasteiger partial charge in [0.15, 0.2) is 5.82 Å². The van der Waals surface area contributed by atoms with Gasteiger partial charge in [-0.1, -0.05) is 37.0 Å². The van der Waals surface area contributed by atoms with Gasteiger partial charge in [0.2, 0.25) is 0 Å². The molecule has 2 aromatic heterocycles. The van der Waals surface area contributed by atoms with Crippen LogP contribution in [-0.2, 0) is 0 Å². The fourth-order valence-corrected chi connectivity index (χ4v) is 2.68. The molecule has 0 saturated carbocycles. The molecule has 0 radical (unpaired) electrons. The Hall–Kier alpha value is -0.710. The van der Waals surface area contributed by atoms with Crippen molar-refractivity contribution in [3.05, 3.63) is 26.8 Å². The van der Waals surface area contributed by atoms with E-state index in [1.165, 1.54) is 11.3 Å². The highest BCUT2D eigenvalue weighted by Gasteiger charge is 2.16. The first-order chi connectivity index (χ1) is 7.59. The van der Waals surface area contributed by atoms with Gasteiger partial charge in [-0.3, -0.25) is 0 Å². The van der Waals surface area contributed by atoms with Crippen LogP contribution in [0.3, 0.4) is 0 Å². The number of rotatable bonds is 2. The first-order valence-electron chi connectivity index (χ1n) is 4.71. The Bertz CT molecular complexity index is 474. The zero-order valence-corrected chi connectivity index (χ0v) is 11.1. The van der Waals surface area contributed by atoms with E-state index in [2.05, 4.69) is 15.0 Å². The molecule has 0 aliphatic rings. The quantitative estimate of drug-likeness (QED) is 0.776. The van der Waals surface area contributed by atoms with E-state index in [9.17, 15) is 0 Å². The number of hydrogen-bond acceptors (Lipinski definition) is 4. The summed E-state index contributed by atoms with van der Waals surface area (Å²) in [7, 11) is 0. The fourth-order valence-electron chi connectivity index (χ4n) is 1.33. The minimum Gasteiger partial charge on any atom is -0.241 e. The lowest BCUT2D eigenvalue weighted by Gasteiger charge is -2.09. The van der Waals surface area contributed by atoms with Gasteiger partial charge < -0.3 is 0 Å². The van der Waals surface area contributed by atoms with E-state index < -0.39 is 0 Å². The molecular formula is C10H9Cl2N3S. The van der Waals surface area contributed by atoms with Gasteiger partial charge in [-0.05, 0) is 5.92 Å². The maximum atomic E-state index is 6.09. The van der Waals surface area contributed by atoms with Crippen molar-refractivity contribution in [3.63, 3.8) is 0 Å². The van der Waals surface area contributed by atoms with Gasteiger partial charge in [0.25, 0.3) is 0 Å². The highest BCUT2D eigenvalue weighted by molar-refractivity contribution is 7.07. The normalized spacial score (nSPS) is 11.1. The van der Waals surface area contributed by atoms with Gasteiger partial charge in [0.05, 0.1) is 5.51 Å². The zero-order valence-electron chi connectivity index (χ0n) is 8.74. The van der Waals surface area contributed by atoms with Gasteiger partial charge in [0.1, 0.15) is 16.0 Å². The molecule has 0 aromatic carbocycles. The van der Waals surface area contributed by atoms with Crippen LogP contribution in [0.4, 0.5) is 0 Å². The molecule has 2 heterocycles. The summed E-state index contributed by atoms with van der Waals surface area (Å²) in [5.41, 5.74) is 3.20. The van der Waals surface area contributed by atoms with Crippen LogP contribution in [0.1, 0.15) is 25.3 Å².